The molecule has 0 spiro atoms. The number of aromatic hydroxyl groups is 2. The summed E-state index contributed by atoms with van der Waals surface area (Å²) in [5.74, 6) is 0.501. The lowest BCUT2D eigenvalue weighted by molar-refractivity contribution is -0.0595. The number of hydrogen-bond donors (Lipinski definition) is 3. The Hall–Kier alpha value is -1.26. The Morgan fingerprint density at radius 3 is 2.60 bits per heavy atom. The predicted octanol–water partition coefficient (Wildman–Crippen LogP) is 2.62. The van der Waals surface area contributed by atoms with Gasteiger partial charge >= 0.3 is 0 Å². The van der Waals surface area contributed by atoms with Crippen molar-refractivity contribution < 1.29 is 14.9 Å². The molecule has 1 heterocycles. The summed E-state index contributed by atoms with van der Waals surface area (Å²) >= 11 is 0. The third-order valence-corrected chi connectivity index (χ3v) is 4.78. The fourth-order valence-electron chi connectivity index (χ4n) is 3.66. The highest BCUT2D eigenvalue weighted by Crippen LogP contribution is 2.43. The summed E-state index contributed by atoms with van der Waals surface area (Å²) in [6.07, 6.45) is 6.84. The van der Waals surface area contributed by atoms with Crippen molar-refractivity contribution >= 4 is 0 Å². The molecule has 1 aromatic rings. The van der Waals surface area contributed by atoms with Crippen LogP contribution in [0.5, 0.6) is 11.5 Å². The van der Waals surface area contributed by atoms with E-state index in [0.717, 1.165) is 11.1 Å². The highest BCUT2D eigenvalue weighted by Gasteiger charge is 2.34. The van der Waals surface area contributed by atoms with Crippen LogP contribution in [0.3, 0.4) is 0 Å². The molecule has 110 valence electrons. The molecule has 1 aliphatic heterocycles. The fraction of sp³-hybridized carbons (Fsp3) is 0.625. The van der Waals surface area contributed by atoms with Gasteiger partial charge in [-0.15, -0.1) is 0 Å². The maximum absolute atomic E-state index is 10.1. The van der Waals surface area contributed by atoms with Crippen molar-refractivity contribution in [3.63, 3.8) is 0 Å². The summed E-state index contributed by atoms with van der Waals surface area (Å²) in [6.45, 7) is 0.403. The largest absolute Gasteiger partial charge is 0.504 e. The molecule has 1 saturated carbocycles. The minimum absolute atomic E-state index is 0.00468. The van der Waals surface area contributed by atoms with E-state index in [1.807, 2.05) is 6.07 Å². The molecular formula is C16H23NO3. The van der Waals surface area contributed by atoms with Crippen molar-refractivity contribution in [1.29, 1.82) is 0 Å². The summed E-state index contributed by atoms with van der Waals surface area (Å²) < 4.78 is 6.18. The second-order valence-electron chi connectivity index (χ2n) is 6.00. The summed E-state index contributed by atoms with van der Waals surface area (Å²) in [4.78, 5) is 0. The molecule has 4 nitrogen and oxygen atoms in total. The van der Waals surface area contributed by atoms with E-state index in [9.17, 15) is 10.2 Å². The lowest BCUT2D eigenvalue weighted by Gasteiger charge is -2.38. The smallest absolute Gasteiger partial charge is 0.161 e. The maximum atomic E-state index is 10.1. The minimum atomic E-state index is -0.169. The van der Waals surface area contributed by atoms with E-state index in [4.69, 9.17) is 10.5 Å². The van der Waals surface area contributed by atoms with Gasteiger partial charge in [-0.05, 0) is 30.4 Å². The van der Waals surface area contributed by atoms with E-state index in [-0.39, 0.29) is 23.7 Å². The second kappa shape index (κ2) is 5.62. The van der Waals surface area contributed by atoms with E-state index >= 15 is 0 Å². The maximum Gasteiger partial charge on any atom is 0.161 e. The Balaban J connectivity index is 1.90. The standard InChI is InChI=1S/C16H23NO3/c17-9-15-11-6-7-13(18)16(19)12(11)8-14(20-15)10-4-2-1-3-5-10/h6-7,10,14-15,18-19H,1-5,8-9,17H2/t14-,15-/m1/s1. The molecule has 0 aromatic heterocycles. The lowest BCUT2D eigenvalue weighted by atomic mass is 9.80. The molecule has 20 heavy (non-hydrogen) atoms. The van der Waals surface area contributed by atoms with Gasteiger partial charge < -0.3 is 20.7 Å². The van der Waals surface area contributed by atoms with Gasteiger partial charge in [0.25, 0.3) is 0 Å². The molecule has 2 aliphatic rings. The minimum Gasteiger partial charge on any atom is -0.504 e. The van der Waals surface area contributed by atoms with Crippen molar-refractivity contribution in [2.45, 2.75) is 50.7 Å². The number of fused-ring (bicyclic) bond motifs is 1. The molecule has 1 aliphatic carbocycles. The van der Waals surface area contributed by atoms with E-state index in [0.29, 0.717) is 18.9 Å². The number of hydrogen-bond acceptors (Lipinski definition) is 4. The van der Waals surface area contributed by atoms with Crippen molar-refractivity contribution in [2.75, 3.05) is 6.54 Å². The molecule has 3 rings (SSSR count). The van der Waals surface area contributed by atoms with Gasteiger partial charge in [-0.1, -0.05) is 25.3 Å². The fourth-order valence-corrected chi connectivity index (χ4v) is 3.66. The van der Waals surface area contributed by atoms with Gasteiger partial charge in [-0.2, -0.15) is 0 Å². The van der Waals surface area contributed by atoms with Crippen molar-refractivity contribution in [3.05, 3.63) is 23.3 Å². The Kier molecular flexibility index (Phi) is 3.85. The van der Waals surface area contributed by atoms with Crippen LogP contribution in [0.15, 0.2) is 12.1 Å². The number of rotatable bonds is 2. The number of phenolic OH excluding ortho intramolecular Hbond substituents is 2. The third-order valence-electron chi connectivity index (χ3n) is 4.78. The normalized spacial score (nSPS) is 27.2. The van der Waals surface area contributed by atoms with Crippen LogP contribution < -0.4 is 5.73 Å². The topological polar surface area (TPSA) is 75.7 Å². The van der Waals surface area contributed by atoms with Gasteiger partial charge in [-0.25, -0.2) is 0 Å². The number of benzene rings is 1. The average molecular weight is 277 g/mol. The van der Waals surface area contributed by atoms with Crippen LogP contribution in [0.2, 0.25) is 0 Å². The monoisotopic (exact) mass is 277 g/mol. The lowest BCUT2D eigenvalue weighted by Crippen LogP contribution is -2.36. The van der Waals surface area contributed by atoms with Crippen molar-refractivity contribution in [2.24, 2.45) is 11.7 Å². The Morgan fingerprint density at radius 1 is 1.15 bits per heavy atom. The number of nitrogens with two attached hydrogens (primary N) is 1. The number of phenols is 2. The van der Waals surface area contributed by atoms with Crippen LogP contribution in [0, 0.1) is 5.92 Å². The molecular weight excluding hydrogens is 254 g/mol. The molecule has 1 fully saturated rings. The van der Waals surface area contributed by atoms with Gasteiger partial charge in [0.1, 0.15) is 0 Å². The molecule has 0 bridgehead atoms. The molecule has 4 heteroatoms. The second-order valence-corrected chi connectivity index (χ2v) is 6.00. The Morgan fingerprint density at radius 2 is 1.90 bits per heavy atom. The zero-order valence-electron chi connectivity index (χ0n) is 11.7. The van der Waals surface area contributed by atoms with E-state index in [1.54, 1.807) is 0 Å². The molecule has 2 atom stereocenters. The molecule has 0 saturated heterocycles. The first-order valence-corrected chi connectivity index (χ1v) is 7.60. The van der Waals surface area contributed by atoms with Gasteiger partial charge in [0.05, 0.1) is 12.2 Å². The average Bonchev–Trinajstić information content (AvgIpc) is 2.51. The quantitative estimate of drug-likeness (QED) is 0.726. The summed E-state index contributed by atoms with van der Waals surface area (Å²) in [5, 5.41) is 19.8. The zero-order chi connectivity index (χ0) is 14.1. The van der Waals surface area contributed by atoms with E-state index < -0.39 is 0 Å². The molecule has 0 unspecified atom stereocenters. The first-order chi connectivity index (χ1) is 9.70. The van der Waals surface area contributed by atoms with Gasteiger partial charge in [0, 0.05) is 18.5 Å². The Bertz CT molecular complexity index is 483. The predicted molar refractivity (Wildman–Crippen MR) is 76.7 cm³/mol. The Labute approximate surface area is 119 Å². The van der Waals surface area contributed by atoms with Gasteiger partial charge in [0.2, 0.25) is 0 Å². The highest BCUT2D eigenvalue weighted by molar-refractivity contribution is 5.51. The SMILES string of the molecule is NC[C@H]1O[C@@H](C2CCCCC2)Cc2c1ccc(O)c2O. The molecule has 1 aromatic carbocycles. The van der Waals surface area contributed by atoms with Crippen LogP contribution >= 0.6 is 0 Å². The number of ether oxygens (including phenoxy) is 1. The van der Waals surface area contributed by atoms with Crippen LogP contribution in [-0.2, 0) is 11.2 Å². The summed E-state index contributed by atoms with van der Waals surface area (Å²) in [6, 6.07) is 3.33. The highest BCUT2D eigenvalue weighted by atomic mass is 16.5. The molecule has 0 amide bonds. The van der Waals surface area contributed by atoms with Crippen molar-refractivity contribution in [1.82, 2.24) is 0 Å². The summed E-state index contributed by atoms with van der Waals surface area (Å²) in [5.41, 5.74) is 7.58. The first kappa shape index (κ1) is 13.7. The van der Waals surface area contributed by atoms with E-state index in [1.165, 1.54) is 38.2 Å². The zero-order valence-corrected chi connectivity index (χ0v) is 11.7. The summed E-state index contributed by atoms with van der Waals surface area (Å²) in [7, 11) is 0. The van der Waals surface area contributed by atoms with Gasteiger partial charge in [-0.3, -0.25) is 0 Å². The molecule has 0 radical (unpaired) electrons. The van der Waals surface area contributed by atoms with Crippen LogP contribution in [0.1, 0.15) is 49.3 Å². The molecule has 4 N–H and O–H groups in total. The first-order valence-electron chi connectivity index (χ1n) is 7.60. The third kappa shape index (κ3) is 2.38. The van der Waals surface area contributed by atoms with Crippen LogP contribution in [0.25, 0.3) is 0 Å². The van der Waals surface area contributed by atoms with Gasteiger partial charge in [0.15, 0.2) is 11.5 Å². The van der Waals surface area contributed by atoms with Crippen molar-refractivity contribution in [3.8, 4) is 11.5 Å². The van der Waals surface area contributed by atoms with Crippen LogP contribution in [0.4, 0.5) is 0 Å². The van der Waals surface area contributed by atoms with E-state index in [2.05, 4.69) is 0 Å². The van der Waals surface area contributed by atoms with Crippen LogP contribution in [-0.4, -0.2) is 22.9 Å².